The summed E-state index contributed by atoms with van der Waals surface area (Å²) in [6.45, 7) is 7.16. The number of nitrogens with one attached hydrogen (secondary N) is 1. The second-order valence-corrected chi connectivity index (χ2v) is 5.78. The first kappa shape index (κ1) is 17.3. The maximum atomic E-state index is 5.92. The van der Waals surface area contributed by atoms with Gasteiger partial charge in [0.05, 0.1) is 13.7 Å². The molecule has 1 rings (SSSR count). The predicted molar refractivity (Wildman–Crippen MR) is 87.4 cm³/mol. The van der Waals surface area contributed by atoms with E-state index in [-0.39, 0.29) is 0 Å². The van der Waals surface area contributed by atoms with Gasteiger partial charge >= 0.3 is 0 Å². The maximum absolute atomic E-state index is 5.92. The van der Waals surface area contributed by atoms with Crippen molar-refractivity contribution in [2.75, 3.05) is 7.11 Å². The van der Waals surface area contributed by atoms with Crippen molar-refractivity contribution >= 4 is 5.96 Å². The Labute approximate surface area is 128 Å². The van der Waals surface area contributed by atoms with Crippen LogP contribution in [0, 0.1) is 5.92 Å². The van der Waals surface area contributed by atoms with Crippen LogP contribution in [0.1, 0.15) is 45.6 Å². The van der Waals surface area contributed by atoms with E-state index in [1.54, 1.807) is 13.3 Å². The van der Waals surface area contributed by atoms with Crippen LogP contribution in [0.2, 0.25) is 0 Å². The molecule has 5 heteroatoms. The molecule has 21 heavy (non-hydrogen) atoms. The standard InChI is InChI=1S/C16H28N4O/c1-12(2)6-5-7-13(3)20-16(17)19-11-14-8-9-18-15(10-14)21-4/h8-10,12-13H,5-7,11H2,1-4H3,(H3,17,19,20). The number of hydrogen-bond acceptors (Lipinski definition) is 3. The number of nitrogens with zero attached hydrogens (tertiary/aromatic N) is 2. The van der Waals surface area contributed by atoms with E-state index in [9.17, 15) is 0 Å². The molecule has 1 unspecified atom stereocenters. The second kappa shape index (κ2) is 9.21. The van der Waals surface area contributed by atoms with Gasteiger partial charge in [0.15, 0.2) is 5.96 Å². The SMILES string of the molecule is COc1cc(CN=C(N)NC(C)CCCC(C)C)ccn1. The Balaban J connectivity index is 2.38. The third-order valence-corrected chi connectivity index (χ3v) is 3.25. The molecule has 0 aliphatic carbocycles. The van der Waals surface area contributed by atoms with Gasteiger partial charge in [-0.3, -0.25) is 0 Å². The van der Waals surface area contributed by atoms with Crippen LogP contribution >= 0.6 is 0 Å². The molecule has 0 radical (unpaired) electrons. The minimum absolute atomic E-state index is 0.347. The number of rotatable bonds is 8. The fraction of sp³-hybridized carbons (Fsp3) is 0.625. The lowest BCUT2D eigenvalue weighted by Gasteiger charge is -2.15. The van der Waals surface area contributed by atoms with Crippen LogP contribution in [-0.4, -0.2) is 24.1 Å². The van der Waals surface area contributed by atoms with Gasteiger partial charge in [0, 0.05) is 18.3 Å². The molecule has 0 amide bonds. The Morgan fingerprint density at radius 2 is 2.14 bits per heavy atom. The van der Waals surface area contributed by atoms with E-state index in [0.717, 1.165) is 17.9 Å². The van der Waals surface area contributed by atoms with E-state index >= 15 is 0 Å². The molecule has 0 saturated heterocycles. The summed E-state index contributed by atoms with van der Waals surface area (Å²) in [6.07, 6.45) is 5.28. The number of hydrogen-bond donors (Lipinski definition) is 2. The summed E-state index contributed by atoms with van der Waals surface area (Å²) in [5.41, 5.74) is 6.94. The molecule has 0 bridgehead atoms. The molecular weight excluding hydrogens is 264 g/mol. The van der Waals surface area contributed by atoms with Crippen LogP contribution in [0.15, 0.2) is 23.3 Å². The van der Waals surface area contributed by atoms with Crippen molar-refractivity contribution in [3.63, 3.8) is 0 Å². The highest BCUT2D eigenvalue weighted by Gasteiger charge is 2.04. The summed E-state index contributed by atoms with van der Waals surface area (Å²) in [7, 11) is 1.60. The van der Waals surface area contributed by atoms with E-state index in [4.69, 9.17) is 10.5 Å². The van der Waals surface area contributed by atoms with Crippen LogP contribution in [0.25, 0.3) is 0 Å². The molecular formula is C16H28N4O. The lowest BCUT2D eigenvalue weighted by molar-refractivity contribution is 0.397. The molecule has 5 nitrogen and oxygen atoms in total. The number of aliphatic imine (C=N–C) groups is 1. The van der Waals surface area contributed by atoms with Crippen LogP contribution in [0.4, 0.5) is 0 Å². The molecule has 3 N–H and O–H groups in total. The topological polar surface area (TPSA) is 72.5 Å². The highest BCUT2D eigenvalue weighted by atomic mass is 16.5. The third kappa shape index (κ3) is 7.54. The van der Waals surface area contributed by atoms with E-state index in [1.165, 1.54) is 12.8 Å². The monoisotopic (exact) mass is 292 g/mol. The van der Waals surface area contributed by atoms with Gasteiger partial charge in [-0.25, -0.2) is 9.98 Å². The van der Waals surface area contributed by atoms with Crippen molar-refractivity contribution in [3.05, 3.63) is 23.9 Å². The first-order chi connectivity index (χ1) is 10.0. The van der Waals surface area contributed by atoms with Crippen molar-refractivity contribution in [2.45, 2.75) is 52.6 Å². The maximum Gasteiger partial charge on any atom is 0.213 e. The van der Waals surface area contributed by atoms with Gasteiger partial charge < -0.3 is 15.8 Å². The van der Waals surface area contributed by atoms with Crippen molar-refractivity contribution in [1.29, 1.82) is 0 Å². The fourth-order valence-corrected chi connectivity index (χ4v) is 2.04. The Hall–Kier alpha value is -1.78. The number of methoxy groups -OCH3 is 1. The van der Waals surface area contributed by atoms with Crippen molar-refractivity contribution in [2.24, 2.45) is 16.6 Å². The molecule has 0 aromatic carbocycles. The molecule has 1 aromatic rings. The number of guanidine groups is 1. The van der Waals surface area contributed by atoms with E-state index in [0.29, 0.717) is 24.4 Å². The Kier molecular flexibility index (Phi) is 7.58. The van der Waals surface area contributed by atoms with E-state index < -0.39 is 0 Å². The average molecular weight is 292 g/mol. The summed E-state index contributed by atoms with van der Waals surface area (Å²) in [4.78, 5) is 8.42. The first-order valence-electron chi connectivity index (χ1n) is 7.56. The molecule has 0 saturated carbocycles. The molecule has 0 aliphatic heterocycles. The van der Waals surface area contributed by atoms with Crippen molar-refractivity contribution in [3.8, 4) is 5.88 Å². The van der Waals surface area contributed by atoms with Crippen molar-refractivity contribution in [1.82, 2.24) is 10.3 Å². The summed E-state index contributed by atoms with van der Waals surface area (Å²) in [5, 5.41) is 3.23. The fourth-order valence-electron chi connectivity index (χ4n) is 2.04. The third-order valence-electron chi connectivity index (χ3n) is 3.25. The largest absolute Gasteiger partial charge is 0.481 e. The number of nitrogens with two attached hydrogens (primary N) is 1. The van der Waals surface area contributed by atoms with Crippen LogP contribution in [-0.2, 0) is 6.54 Å². The lowest BCUT2D eigenvalue weighted by Crippen LogP contribution is -2.38. The van der Waals surface area contributed by atoms with E-state index in [2.05, 4.69) is 36.1 Å². The van der Waals surface area contributed by atoms with Gasteiger partial charge in [0.25, 0.3) is 0 Å². The zero-order chi connectivity index (χ0) is 15.7. The Bertz CT molecular complexity index is 446. The van der Waals surface area contributed by atoms with Gasteiger partial charge in [-0.15, -0.1) is 0 Å². The summed E-state index contributed by atoms with van der Waals surface area (Å²) < 4.78 is 5.08. The second-order valence-electron chi connectivity index (χ2n) is 5.78. The summed E-state index contributed by atoms with van der Waals surface area (Å²) in [5.74, 6) is 1.84. The van der Waals surface area contributed by atoms with Crippen LogP contribution < -0.4 is 15.8 Å². The summed E-state index contributed by atoms with van der Waals surface area (Å²) >= 11 is 0. The first-order valence-corrected chi connectivity index (χ1v) is 7.56. The zero-order valence-electron chi connectivity index (χ0n) is 13.6. The smallest absolute Gasteiger partial charge is 0.213 e. The zero-order valence-corrected chi connectivity index (χ0v) is 13.6. The highest BCUT2D eigenvalue weighted by Crippen LogP contribution is 2.10. The van der Waals surface area contributed by atoms with Crippen LogP contribution in [0.3, 0.4) is 0 Å². The Morgan fingerprint density at radius 1 is 1.38 bits per heavy atom. The quantitative estimate of drug-likeness (QED) is 0.571. The number of ether oxygens (including phenoxy) is 1. The molecule has 1 heterocycles. The predicted octanol–water partition coefficient (Wildman–Crippen LogP) is 2.71. The van der Waals surface area contributed by atoms with Gasteiger partial charge in [0.1, 0.15) is 0 Å². The summed E-state index contributed by atoms with van der Waals surface area (Å²) in [6, 6.07) is 4.12. The lowest BCUT2D eigenvalue weighted by atomic mass is 10.0. The number of aromatic nitrogens is 1. The van der Waals surface area contributed by atoms with Gasteiger partial charge in [-0.1, -0.05) is 26.7 Å². The minimum Gasteiger partial charge on any atom is -0.481 e. The molecule has 0 fully saturated rings. The highest BCUT2D eigenvalue weighted by molar-refractivity contribution is 5.78. The van der Waals surface area contributed by atoms with E-state index in [1.807, 2.05) is 12.1 Å². The minimum atomic E-state index is 0.347. The molecule has 0 aliphatic rings. The molecule has 1 atom stereocenters. The normalized spacial score (nSPS) is 13.3. The van der Waals surface area contributed by atoms with Gasteiger partial charge in [-0.05, 0) is 30.9 Å². The average Bonchev–Trinajstić information content (AvgIpc) is 2.45. The molecule has 0 spiro atoms. The molecule has 1 aromatic heterocycles. The number of pyridine rings is 1. The van der Waals surface area contributed by atoms with Crippen LogP contribution in [0.5, 0.6) is 5.88 Å². The Morgan fingerprint density at radius 3 is 2.81 bits per heavy atom. The molecule has 118 valence electrons. The van der Waals surface area contributed by atoms with Gasteiger partial charge in [-0.2, -0.15) is 0 Å². The van der Waals surface area contributed by atoms with Gasteiger partial charge in [0.2, 0.25) is 5.88 Å². The van der Waals surface area contributed by atoms with Crippen molar-refractivity contribution < 1.29 is 4.74 Å².